The highest BCUT2D eigenvalue weighted by atomic mass is 16.6. The minimum absolute atomic E-state index is 0.0389. The van der Waals surface area contributed by atoms with E-state index >= 15 is 0 Å². The molecule has 20 heavy (non-hydrogen) atoms. The van der Waals surface area contributed by atoms with Crippen molar-refractivity contribution in [3.05, 3.63) is 42.0 Å². The Balaban J connectivity index is 1.69. The predicted octanol–water partition coefficient (Wildman–Crippen LogP) is 4.53. The van der Waals surface area contributed by atoms with Crippen molar-refractivity contribution in [3.63, 3.8) is 0 Å². The minimum Gasteiger partial charge on any atom is -0.490 e. The molecular weight excluding hydrogens is 248 g/mol. The van der Waals surface area contributed by atoms with Gasteiger partial charge in [0.05, 0.1) is 6.61 Å². The van der Waals surface area contributed by atoms with E-state index in [1.54, 1.807) is 0 Å². The number of hydrogen-bond acceptors (Lipinski definition) is 2. The van der Waals surface area contributed by atoms with Gasteiger partial charge in [0.2, 0.25) is 0 Å². The first-order valence-electron chi connectivity index (χ1n) is 7.69. The molecule has 2 heteroatoms. The average molecular weight is 274 g/mol. The van der Waals surface area contributed by atoms with E-state index in [1.165, 1.54) is 31.2 Å². The summed E-state index contributed by atoms with van der Waals surface area (Å²) in [5.41, 5.74) is 1.33. The predicted molar refractivity (Wildman–Crippen MR) is 83.3 cm³/mol. The van der Waals surface area contributed by atoms with E-state index in [1.807, 2.05) is 6.07 Å². The van der Waals surface area contributed by atoms with Crippen molar-refractivity contribution in [2.24, 2.45) is 0 Å². The summed E-state index contributed by atoms with van der Waals surface area (Å²) in [5.74, 6) is 0.966. The van der Waals surface area contributed by atoms with Crippen LogP contribution in [0, 0.1) is 0 Å². The maximum absolute atomic E-state index is 5.80. The van der Waals surface area contributed by atoms with Gasteiger partial charge < -0.3 is 9.47 Å². The Morgan fingerprint density at radius 1 is 1.30 bits per heavy atom. The Hall–Kier alpha value is -1.28. The van der Waals surface area contributed by atoms with Crippen molar-refractivity contribution in [3.8, 4) is 5.75 Å². The molecule has 0 radical (unpaired) electrons. The SMILES string of the molecule is C/C=C/CCCCCc1cccc(OCC2(C)CO2)c1. The quantitative estimate of drug-likeness (QED) is 0.375. The van der Waals surface area contributed by atoms with Gasteiger partial charge in [0.25, 0.3) is 0 Å². The maximum Gasteiger partial charge on any atom is 0.123 e. The van der Waals surface area contributed by atoms with Crippen LogP contribution in [0.25, 0.3) is 0 Å². The first kappa shape index (κ1) is 15.1. The molecule has 110 valence electrons. The smallest absolute Gasteiger partial charge is 0.123 e. The molecule has 0 bridgehead atoms. The van der Waals surface area contributed by atoms with Crippen LogP contribution in [-0.4, -0.2) is 18.8 Å². The molecule has 1 unspecified atom stereocenters. The Morgan fingerprint density at radius 2 is 2.15 bits per heavy atom. The second-order valence-electron chi connectivity index (χ2n) is 5.84. The zero-order valence-electron chi connectivity index (χ0n) is 12.7. The molecule has 0 aromatic heterocycles. The van der Waals surface area contributed by atoms with Crippen molar-refractivity contribution < 1.29 is 9.47 Å². The molecule has 0 saturated carbocycles. The van der Waals surface area contributed by atoms with Gasteiger partial charge in [-0.05, 0) is 57.2 Å². The van der Waals surface area contributed by atoms with Crippen molar-refractivity contribution in [2.75, 3.05) is 13.2 Å². The molecule has 1 aliphatic rings. The highest BCUT2D eigenvalue weighted by Crippen LogP contribution is 2.27. The number of allylic oxidation sites excluding steroid dienone is 2. The van der Waals surface area contributed by atoms with Gasteiger partial charge in [-0.15, -0.1) is 0 Å². The Morgan fingerprint density at radius 3 is 2.90 bits per heavy atom. The molecule has 2 rings (SSSR count). The van der Waals surface area contributed by atoms with Gasteiger partial charge in [-0.25, -0.2) is 0 Å². The molecule has 1 aliphatic heterocycles. The fourth-order valence-electron chi connectivity index (χ4n) is 2.17. The van der Waals surface area contributed by atoms with Crippen LogP contribution in [0.4, 0.5) is 0 Å². The third kappa shape index (κ3) is 5.38. The lowest BCUT2D eigenvalue weighted by Crippen LogP contribution is -2.16. The molecule has 1 saturated heterocycles. The molecule has 0 spiro atoms. The number of rotatable bonds is 9. The van der Waals surface area contributed by atoms with E-state index < -0.39 is 0 Å². The summed E-state index contributed by atoms with van der Waals surface area (Å²) in [6.07, 6.45) is 10.6. The van der Waals surface area contributed by atoms with Gasteiger partial charge >= 0.3 is 0 Å². The topological polar surface area (TPSA) is 21.8 Å². The first-order valence-corrected chi connectivity index (χ1v) is 7.69. The van der Waals surface area contributed by atoms with Crippen LogP contribution in [0.3, 0.4) is 0 Å². The van der Waals surface area contributed by atoms with Crippen LogP contribution in [0.2, 0.25) is 0 Å². The number of epoxide rings is 1. The van der Waals surface area contributed by atoms with Gasteiger partial charge in [0.15, 0.2) is 0 Å². The van der Waals surface area contributed by atoms with E-state index in [0.717, 1.165) is 18.8 Å². The Bertz CT molecular complexity index is 433. The largest absolute Gasteiger partial charge is 0.490 e. The average Bonchev–Trinajstić information content (AvgIpc) is 3.20. The molecule has 1 atom stereocenters. The van der Waals surface area contributed by atoms with E-state index in [2.05, 4.69) is 44.2 Å². The number of unbranched alkanes of at least 4 members (excludes halogenated alkanes) is 3. The first-order chi connectivity index (χ1) is 9.72. The lowest BCUT2D eigenvalue weighted by molar-refractivity contribution is 0.202. The second-order valence-corrected chi connectivity index (χ2v) is 5.84. The number of aryl methyl sites for hydroxylation is 1. The standard InChI is InChI=1S/C18H26O2/c1-3-4-5-6-7-8-10-16-11-9-12-17(13-16)19-14-18(2)15-20-18/h3-4,9,11-13H,5-8,10,14-15H2,1-2H3/b4-3+. The molecule has 0 aliphatic carbocycles. The van der Waals surface area contributed by atoms with Crippen molar-refractivity contribution >= 4 is 0 Å². The summed E-state index contributed by atoms with van der Waals surface area (Å²) >= 11 is 0. The fraction of sp³-hybridized carbons (Fsp3) is 0.556. The van der Waals surface area contributed by atoms with E-state index in [4.69, 9.17) is 9.47 Å². The highest BCUT2D eigenvalue weighted by Gasteiger charge is 2.40. The summed E-state index contributed by atoms with van der Waals surface area (Å²) in [5, 5.41) is 0. The summed E-state index contributed by atoms with van der Waals surface area (Å²) in [4.78, 5) is 0. The summed E-state index contributed by atoms with van der Waals surface area (Å²) < 4.78 is 11.1. The van der Waals surface area contributed by atoms with E-state index in [0.29, 0.717) is 6.61 Å². The molecule has 0 amide bonds. The zero-order chi connectivity index (χ0) is 14.3. The molecule has 1 aromatic rings. The third-order valence-corrected chi connectivity index (χ3v) is 3.65. The lowest BCUT2D eigenvalue weighted by atomic mass is 10.1. The van der Waals surface area contributed by atoms with Gasteiger partial charge in [0.1, 0.15) is 18.0 Å². The zero-order valence-corrected chi connectivity index (χ0v) is 12.7. The summed E-state index contributed by atoms with van der Waals surface area (Å²) in [7, 11) is 0. The van der Waals surface area contributed by atoms with Gasteiger partial charge in [-0.2, -0.15) is 0 Å². The fourth-order valence-corrected chi connectivity index (χ4v) is 2.17. The van der Waals surface area contributed by atoms with Crippen molar-refractivity contribution in [2.45, 2.75) is 51.6 Å². The number of benzene rings is 1. The van der Waals surface area contributed by atoms with Crippen LogP contribution in [-0.2, 0) is 11.2 Å². The highest BCUT2D eigenvalue weighted by molar-refractivity contribution is 5.28. The summed E-state index contributed by atoms with van der Waals surface area (Å²) in [6.45, 7) is 5.64. The maximum atomic E-state index is 5.80. The van der Waals surface area contributed by atoms with Gasteiger partial charge in [-0.3, -0.25) is 0 Å². The van der Waals surface area contributed by atoms with Gasteiger partial charge in [0, 0.05) is 0 Å². The van der Waals surface area contributed by atoms with E-state index in [9.17, 15) is 0 Å². The number of hydrogen-bond donors (Lipinski definition) is 0. The molecule has 1 fully saturated rings. The monoisotopic (exact) mass is 274 g/mol. The molecule has 0 N–H and O–H groups in total. The minimum atomic E-state index is -0.0389. The number of ether oxygens (including phenoxy) is 2. The van der Waals surface area contributed by atoms with Crippen LogP contribution in [0.1, 0.15) is 45.1 Å². The second kappa shape index (κ2) is 7.49. The van der Waals surface area contributed by atoms with Crippen LogP contribution < -0.4 is 4.74 Å². The molecular formula is C18H26O2. The van der Waals surface area contributed by atoms with Crippen molar-refractivity contribution in [1.29, 1.82) is 0 Å². The summed E-state index contributed by atoms with van der Waals surface area (Å²) in [6, 6.07) is 8.47. The van der Waals surface area contributed by atoms with Crippen LogP contribution in [0.5, 0.6) is 5.75 Å². The Labute approximate surface area is 122 Å². The third-order valence-electron chi connectivity index (χ3n) is 3.65. The molecule has 2 nitrogen and oxygen atoms in total. The van der Waals surface area contributed by atoms with Crippen molar-refractivity contribution in [1.82, 2.24) is 0 Å². The van der Waals surface area contributed by atoms with Crippen LogP contribution >= 0.6 is 0 Å². The van der Waals surface area contributed by atoms with Crippen LogP contribution in [0.15, 0.2) is 36.4 Å². The normalized spacial score (nSPS) is 21.3. The lowest BCUT2D eigenvalue weighted by Gasteiger charge is -2.10. The van der Waals surface area contributed by atoms with Gasteiger partial charge in [-0.1, -0.05) is 30.7 Å². The van der Waals surface area contributed by atoms with E-state index in [-0.39, 0.29) is 5.60 Å². The Kier molecular flexibility index (Phi) is 5.66. The molecule has 1 aromatic carbocycles. The molecule has 1 heterocycles.